The van der Waals surface area contributed by atoms with Crippen LogP contribution in [0.1, 0.15) is 138 Å². The summed E-state index contributed by atoms with van der Waals surface area (Å²) in [6, 6.07) is 6.28. The van der Waals surface area contributed by atoms with Crippen molar-refractivity contribution in [2.75, 3.05) is 0 Å². The summed E-state index contributed by atoms with van der Waals surface area (Å²) in [4.78, 5) is 24.0. The van der Waals surface area contributed by atoms with Crippen molar-refractivity contribution in [3.8, 4) is 0 Å². The molecule has 1 unspecified atom stereocenters. The maximum absolute atomic E-state index is 12.6. The molecule has 0 amide bonds. The first-order valence-corrected chi connectivity index (χ1v) is 13.0. The van der Waals surface area contributed by atoms with E-state index in [1.807, 2.05) is 0 Å². The monoisotopic (exact) mass is 446 g/mol. The molecule has 0 saturated carbocycles. The van der Waals surface area contributed by atoms with E-state index >= 15 is 0 Å². The largest absolute Gasteiger partial charge is 0.478 e. The van der Waals surface area contributed by atoms with Crippen molar-refractivity contribution < 1.29 is 19.4 Å². The molecule has 4 nitrogen and oxygen atoms in total. The number of carbonyl (C=O) groups excluding carboxylic acids is 1. The fraction of sp³-hybridized carbons (Fsp3) is 0.714. The van der Waals surface area contributed by atoms with E-state index in [4.69, 9.17) is 4.74 Å². The molecule has 1 rings (SSSR count). The average Bonchev–Trinajstić information content (AvgIpc) is 2.76. The maximum Gasteiger partial charge on any atom is 0.339 e. The van der Waals surface area contributed by atoms with Crippen molar-refractivity contribution >= 4 is 11.9 Å². The number of carboxylic acid groups (broad SMARTS) is 1. The summed E-state index contributed by atoms with van der Waals surface area (Å²) in [5.41, 5.74) is 0.140. The third kappa shape index (κ3) is 12.9. The normalized spacial score (nSPS) is 12.1. The van der Waals surface area contributed by atoms with Crippen LogP contribution in [0.3, 0.4) is 0 Å². The second-order valence-corrected chi connectivity index (χ2v) is 9.54. The van der Waals surface area contributed by atoms with Crippen molar-refractivity contribution in [1.29, 1.82) is 0 Å². The summed E-state index contributed by atoms with van der Waals surface area (Å²) < 4.78 is 5.74. The van der Waals surface area contributed by atoms with E-state index in [9.17, 15) is 14.7 Å². The summed E-state index contributed by atoms with van der Waals surface area (Å²) in [5.74, 6) is -1.21. The van der Waals surface area contributed by atoms with Crippen molar-refractivity contribution in [1.82, 2.24) is 0 Å². The quantitative estimate of drug-likeness (QED) is 0.171. The first kappa shape index (κ1) is 28.2. The summed E-state index contributed by atoms with van der Waals surface area (Å²) >= 11 is 0. The number of hydrogen-bond donors (Lipinski definition) is 1. The number of hydrogen-bond acceptors (Lipinski definition) is 3. The molecule has 0 saturated heterocycles. The van der Waals surface area contributed by atoms with Gasteiger partial charge in [0.15, 0.2) is 0 Å². The minimum atomic E-state index is -1.10. The number of carboxylic acids is 1. The zero-order valence-corrected chi connectivity index (χ0v) is 20.7. The van der Waals surface area contributed by atoms with Gasteiger partial charge in [-0.3, -0.25) is 0 Å². The van der Waals surface area contributed by atoms with Crippen LogP contribution < -0.4 is 0 Å². The van der Waals surface area contributed by atoms with Crippen molar-refractivity contribution in [2.24, 2.45) is 5.92 Å². The van der Waals surface area contributed by atoms with Crippen molar-refractivity contribution in [3.63, 3.8) is 0 Å². The van der Waals surface area contributed by atoms with Crippen LogP contribution in [-0.2, 0) is 4.74 Å². The van der Waals surface area contributed by atoms with E-state index in [0.717, 1.165) is 25.7 Å². The SMILES string of the molecule is CCCCCCCCCCCCCCCC(CC(C)C)OC(=O)c1ccccc1C(=O)O. The lowest BCUT2D eigenvalue weighted by atomic mass is 9.99. The fourth-order valence-corrected chi connectivity index (χ4v) is 4.20. The number of ether oxygens (including phenoxy) is 1. The van der Waals surface area contributed by atoms with Gasteiger partial charge in [0.1, 0.15) is 6.10 Å². The Hall–Kier alpha value is -1.84. The Morgan fingerprint density at radius 3 is 1.72 bits per heavy atom. The molecule has 0 aliphatic heterocycles. The van der Waals surface area contributed by atoms with Gasteiger partial charge in [-0.1, -0.05) is 110 Å². The summed E-state index contributed by atoms with van der Waals surface area (Å²) in [6.45, 7) is 6.50. The highest BCUT2D eigenvalue weighted by Gasteiger charge is 2.21. The Balaban J connectivity index is 2.25. The fourth-order valence-electron chi connectivity index (χ4n) is 4.20. The van der Waals surface area contributed by atoms with E-state index < -0.39 is 11.9 Å². The highest BCUT2D eigenvalue weighted by atomic mass is 16.5. The zero-order chi connectivity index (χ0) is 23.6. The molecule has 1 N–H and O–H groups in total. The Morgan fingerprint density at radius 1 is 0.781 bits per heavy atom. The lowest BCUT2D eigenvalue weighted by molar-refractivity contribution is 0.0220. The van der Waals surface area contributed by atoms with Crippen LogP contribution in [-0.4, -0.2) is 23.1 Å². The van der Waals surface area contributed by atoms with Gasteiger partial charge in [-0.05, 0) is 37.3 Å². The number of unbranched alkanes of at least 4 members (excludes halogenated alkanes) is 12. The van der Waals surface area contributed by atoms with Crippen LogP contribution in [0.25, 0.3) is 0 Å². The number of rotatable bonds is 19. The molecular weight excluding hydrogens is 400 g/mol. The number of aromatic carboxylic acids is 1. The zero-order valence-electron chi connectivity index (χ0n) is 20.7. The van der Waals surface area contributed by atoms with Crippen LogP contribution in [0.4, 0.5) is 0 Å². The topological polar surface area (TPSA) is 63.6 Å². The number of esters is 1. The highest BCUT2D eigenvalue weighted by Crippen LogP contribution is 2.20. The van der Waals surface area contributed by atoms with E-state index in [1.165, 1.54) is 82.8 Å². The Labute approximate surface area is 196 Å². The number of carbonyl (C=O) groups is 2. The average molecular weight is 447 g/mol. The molecule has 1 aromatic rings. The van der Waals surface area contributed by atoms with E-state index in [-0.39, 0.29) is 17.2 Å². The van der Waals surface area contributed by atoms with Gasteiger partial charge in [-0.2, -0.15) is 0 Å². The second kappa shape index (κ2) is 17.7. The van der Waals surface area contributed by atoms with Crippen LogP contribution in [0.5, 0.6) is 0 Å². The molecule has 0 heterocycles. The minimum absolute atomic E-state index is 0.00163. The molecule has 32 heavy (non-hydrogen) atoms. The van der Waals surface area contributed by atoms with Gasteiger partial charge in [0.2, 0.25) is 0 Å². The van der Waals surface area contributed by atoms with Gasteiger partial charge in [-0.15, -0.1) is 0 Å². The first-order valence-electron chi connectivity index (χ1n) is 13.0. The third-order valence-electron chi connectivity index (χ3n) is 6.02. The predicted molar refractivity (Wildman–Crippen MR) is 132 cm³/mol. The third-order valence-corrected chi connectivity index (χ3v) is 6.02. The molecule has 0 radical (unpaired) electrons. The second-order valence-electron chi connectivity index (χ2n) is 9.54. The van der Waals surface area contributed by atoms with E-state index in [0.29, 0.717) is 5.92 Å². The van der Waals surface area contributed by atoms with Crippen LogP contribution in [0.2, 0.25) is 0 Å². The van der Waals surface area contributed by atoms with Crippen molar-refractivity contribution in [3.05, 3.63) is 35.4 Å². The van der Waals surface area contributed by atoms with Crippen LogP contribution in [0, 0.1) is 5.92 Å². The molecule has 0 bridgehead atoms. The molecule has 182 valence electrons. The molecule has 0 aromatic heterocycles. The minimum Gasteiger partial charge on any atom is -0.478 e. The lowest BCUT2D eigenvalue weighted by Gasteiger charge is -2.20. The number of benzene rings is 1. The summed E-state index contributed by atoms with van der Waals surface area (Å²) in [6.07, 6.45) is 18.6. The Morgan fingerprint density at radius 2 is 1.25 bits per heavy atom. The first-order chi connectivity index (χ1) is 15.5. The van der Waals surface area contributed by atoms with Crippen LogP contribution in [0.15, 0.2) is 24.3 Å². The van der Waals surface area contributed by atoms with Gasteiger partial charge in [-0.25, -0.2) is 9.59 Å². The smallest absolute Gasteiger partial charge is 0.339 e. The molecule has 1 atom stereocenters. The van der Waals surface area contributed by atoms with Crippen LogP contribution >= 0.6 is 0 Å². The molecule has 0 aliphatic carbocycles. The Kier molecular flexibility index (Phi) is 15.6. The van der Waals surface area contributed by atoms with Gasteiger partial charge < -0.3 is 9.84 Å². The standard InChI is InChI=1S/C28H46O4/c1-4-5-6-7-8-9-10-11-12-13-14-15-16-19-24(22-23(2)3)32-28(31)26-21-18-17-20-25(26)27(29)30/h17-18,20-21,23-24H,4-16,19,22H2,1-3H3,(H,29,30). The Bertz CT molecular complexity index is 638. The summed E-state index contributed by atoms with van der Waals surface area (Å²) in [7, 11) is 0. The summed E-state index contributed by atoms with van der Waals surface area (Å²) in [5, 5.41) is 9.32. The molecular formula is C28H46O4. The molecule has 0 fully saturated rings. The molecule has 1 aromatic carbocycles. The van der Waals surface area contributed by atoms with Gasteiger partial charge in [0.25, 0.3) is 0 Å². The van der Waals surface area contributed by atoms with E-state index in [1.54, 1.807) is 12.1 Å². The predicted octanol–water partition coefficient (Wildman–Crippen LogP) is 8.44. The highest BCUT2D eigenvalue weighted by molar-refractivity contribution is 6.02. The van der Waals surface area contributed by atoms with E-state index in [2.05, 4.69) is 20.8 Å². The van der Waals surface area contributed by atoms with Gasteiger partial charge in [0.05, 0.1) is 11.1 Å². The van der Waals surface area contributed by atoms with Gasteiger partial charge in [0, 0.05) is 0 Å². The van der Waals surface area contributed by atoms with Gasteiger partial charge >= 0.3 is 11.9 Å². The van der Waals surface area contributed by atoms with Crippen molar-refractivity contribution in [2.45, 2.75) is 123 Å². The maximum atomic E-state index is 12.6. The molecule has 0 spiro atoms. The molecule has 0 aliphatic rings. The lowest BCUT2D eigenvalue weighted by Crippen LogP contribution is -2.22. The molecule has 4 heteroatoms.